The van der Waals surface area contributed by atoms with E-state index in [2.05, 4.69) is 0 Å². The zero-order chi connectivity index (χ0) is 11.2. The van der Waals surface area contributed by atoms with Crippen LogP contribution in [0.15, 0.2) is 34.2 Å². The third kappa shape index (κ3) is 6.76. The predicted molar refractivity (Wildman–Crippen MR) is 60.2 cm³/mol. The van der Waals surface area contributed by atoms with Gasteiger partial charge in [-0.2, -0.15) is 8.42 Å². The van der Waals surface area contributed by atoms with Crippen molar-refractivity contribution < 1.29 is 13.0 Å². The van der Waals surface area contributed by atoms with E-state index in [9.17, 15) is 8.42 Å². The smallest absolute Gasteiger partial charge is 0.289 e. The zero-order valence-corrected chi connectivity index (χ0v) is 9.60. The van der Waals surface area contributed by atoms with Gasteiger partial charge in [-0.1, -0.05) is 12.2 Å². The summed E-state index contributed by atoms with van der Waals surface area (Å²) in [5, 5.41) is 0.604. The van der Waals surface area contributed by atoms with Gasteiger partial charge in [0.05, 0.1) is 5.41 Å². The van der Waals surface area contributed by atoms with Gasteiger partial charge in [-0.15, -0.1) is 11.8 Å². The Labute approximate surface area is 88.3 Å². The Hall–Kier alpha value is -0.720. The lowest BCUT2D eigenvalue weighted by Crippen LogP contribution is -2.00. The lowest BCUT2D eigenvalue weighted by molar-refractivity contribution is 0.494. The Bertz CT molecular complexity index is 366. The molecule has 0 aromatic carbocycles. The molecule has 0 aliphatic carbocycles. The van der Waals surface area contributed by atoms with Gasteiger partial charge in [0.2, 0.25) is 0 Å². The molecule has 6 heteroatoms. The Balaban J connectivity index is 4.88. The standard InChI is InChI=1S/C8H13NO3S2/c1-3-4-8(13-2)5-7(9)6-14(10,11)12/h3-6H,9H2,1-2H3,(H,10,11,12)/b4-3-,7-6-,8-5+. The van der Waals surface area contributed by atoms with Crippen LogP contribution in [-0.4, -0.2) is 19.2 Å². The summed E-state index contributed by atoms with van der Waals surface area (Å²) < 4.78 is 29.3. The van der Waals surface area contributed by atoms with E-state index in [1.165, 1.54) is 17.8 Å². The van der Waals surface area contributed by atoms with Crippen molar-refractivity contribution in [1.29, 1.82) is 0 Å². The van der Waals surface area contributed by atoms with Gasteiger partial charge in [-0.25, -0.2) is 0 Å². The van der Waals surface area contributed by atoms with Crippen molar-refractivity contribution in [2.24, 2.45) is 5.73 Å². The molecule has 0 saturated heterocycles. The first-order valence-corrected chi connectivity index (χ1v) is 6.45. The van der Waals surface area contributed by atoms with Gasteiger partial charge in [-0.3, -0.25) is 4.55 Å². The second-order valence-corrected chi connectivity index (χ2v) is 4.53. The number of rotatable bonds is 4. The van der Waals surface area contributed by atoms with E-state index in [0.717, 1.165) is 4.91 Å². The van der Waals surface area contributed by atoms with Crippen LogP contribution >= 0.6 is 11.8 Å². The summed E-state index contributed by atoms with van der Waals surface area (Å²) in [6.45, 7) is 1.84. The molecule has 14 heavy (non-hydrogen) atoms. The third-order valence-electron chi connectivity index (χ3n) is 1.16. The molecule has 0 unspecified atom stereocenters. The number of nitrogens with two attached hydrogens (primary N) is 1. The second-order valence-electron chi connectivity index (χ2n) is 2.38. The van der Waals surface area contributed by atoms with E-state index < -0.39 is 10.1 Å². The fourth-order valence-electron chi connectivity index (χ4n) is 0.710. The van der Waals surface area contributed by atoms with E-state index >= 15 is 0 Å². The summed E-state index contributed by atoms with van der Waals surface area (Å²) in [6.07, 6.45) is 6.91. The van der Waals surface area contributed by atoms with Crippen LogP contribution in [0.5, 0.6) is 0 Å². The normalized spacial score (nSPS) is 15.1. The minimum Gasteiger partial charge on any atom is -0.398 e. The highest BCUT2D eigenvalue weighted by molar-refractivity contribution is 8.02. The fourth-order valence-corrected chi connectivity index (χ4v) is 1.65. The van der Waals surface area contributed by atoms with Crippen LogP contribution in [-0.2, 0) is 10.1 Å². The number of allylic oxidation sites excluding steroid dienone is 3. The molecule has 0 rings (SSSR count). The molecule has 0 bridgehead atoms. The highest BCUT2D eigenvalue weighted by Gasteiger charge is 1.99. The lowest BCUT2D eigenvalue weighted by atomic mass is 10.4. The average Bonchev–Trinajstić information content (AvgIpc) is 2.00. The molecular weight excluding hydrogens is 222 g/mol. The van der Waals surface area contributed by atoms with E-state index in [-0.39, 0.29) is 5.70 Å². The van der Waals surface area contributed by atoms with Gasteiger partial charge in [0.1, 0.15) is 0 Å². The topological polar surface area (TPSA) is 80.4 Å². The molecule has 0 saturated carbocycles. The summed E-state index contributed by atoms with van der Waals surface area (Å²) >= 11 is 1.43. The molecule has 0 heterocycles. The lowest BCUT2D eigenvalue weighted by Gasteiger charge is -1.97. The van der Waals surface area contributed by atoms with Gasteiger partial charge in [0.25, 0.3) is 10.1 Å². The third-order valence-corrected chi connectivity index (χ3v) is 2.46. The molecule has 3 N–H and O–H groups in total. The number of thioether (sulfide) groups is 1. The average molecular weight is 235 g/mol. The minimum atomic E-state index is -4.16. The molecule has 0 aromatic rings. The zero-order valence-electron chi connectivity index (χ0n) is 7.97. The van der Waals surface area contributed by atoms with Crippen LogP contribution in [0.2, 0.25) is 0 Å². The van der Waals surface area contributed by atoms with Crippen molar-refractivity contribution in [3.05, 3.63) is 34.2 Å². The summed E-state index contributed by atoms with van der Waals surface area (Å²) in [5.41, 5.74) is 5.36. The van der Waals surface area contributed by atoms with E-state index in [1.54, 1.807) is 6.08 Å². The van der Waals surface area contributed by atoms with Crippen LogP contribution in [0.1, 0.15) is 6.92 Å². The van der Waals surface area contributed by atoms with Crippen LogP contribution in [0.3, 0.4) is 0 Å². The molecule has 0 aliphatic heterocycles. The van der Waals surface area contributed by atoms with Gasteiger partial charge in [0.15, 0.2) is 0 Å². The van der Waals surface area contributed by atoms with Crippen molar-refractivity contribution in [2.45, 2.75) is 6.92 Å². The molecule has 0 atom stereocenters. The molecule has 0 radical (unpaired) electrons. The summed E-state index contributed by atoms with van der Waals surface area (Å²) in [4.78, 5) is 0.810. The maximum atomic E-state index is 10.4. The molecular formula is C8H13NO3S2. The van der Waals surface area contributed by atoms with Gasteiger partial charge < -0.3 is 5.73 Å². The van der Waals surface area contributed by atoms with Crippen molar-refractivity contribution >= 4 is 21.9 Å². The van der Waals surface area contributed by atoms with Crippen molar-refractivity contribution in [2.75, 3.05) is 6.26 Å². The van der Waals surface area contributed by atoms with E-state index in [0.29, 0.717) is 5.41 Å². The van der Waals surface area contributed by atoms with Crippen molar-refractivity contribution in [3.63, 3.8) is 0 Å². The molecule has 0 fully saturated rings. The fraction of sp³-hybridized carbons (Fsp3) is 0.250. The first kappa shape index (κ1) is 13.3. The Morgan fingerprint density at radius 3 is 2.43 bits per heavy atom. The van der Waals surface area contributed by atoms with Crippen LogP contribution in [0.25, 0.3) is 0 Å². The maximum Gasteiger partial charge on any atom is 0.289 e. The van der Waals surface area contributed by atoms with Crippen LogP contribution < -0.4 is 5.73 Å². The Kier molecular flexibility index (Phi) is 5.59. The molecule has 4 nitrogen and oxygen atoms in total. The Morgan fingerprint density at radius 1 is 1.50 bits per heavy atom. The Morgan fingerprint density at radius 2 is 2.07 bits per heavy atom. The number of hydrogen-bond acceptors (Lipinski definition) is 4. The van der Waals surface area contributed by atoms with Crippen LogP contribution in [0.4, 0.5) is 0 Å². The van der Waals surface area contributed by atoms with Crippen molar-refractivity contribution in [3.8, 4) is 0 Å². The van der Waals surface area contributed by atoms with Crippen molar-refractivity contribution in [1.82, 2.24) is 0 Å². The van der Waals surface area contributed by atoms with E-state index in [4.69, 9.17) is 10.3 Å². The first-order valence-electron chi connectivity index (χ1n) is 3.72. The van der Waals surface area contributed by atoms with Gasteiger partial charge in [-0.05, 0) is 19.3 Å². The molecule has 0 amide bonds. The van der Waals surface area contributed by atoms with Crippen LogP contribution in [0, 0.1) is 0 Å². The van der Waals surface area contributed by atoms with E-state index in [1.807, 2.05) is 19.3 Å². The van der Waals surface area contributed by atoms with Gasteiger partial charge >= 0.3 is 0 Å². The quantitative estimate of drug-likeness (QED) is 0.570. The second kappa shape index (κ2) is 5.90. The molecule has 80 valence electrons. The first-order chi connectivity index (χ1) is 6.39. The summed E-state index contributed by atoms with van der Waals surface area (Å²) in [7, 11) is -4.16. The highest BCUT2D eigenvalue weighted by atomic mass is 32.2. The summed E-state index contributed by atoms with van der Waals surface area (Å²) in [6, 6.07) is 0. The number of hydrogen-bond donors (Lipinski definition) is 2. The predicted octanol–water partition coefficient (Wildman–Crippen LogP) is 1.50. The summed E-state index contributed by atoms with van der Waals surface area (Å²) in [5.74, 6) is 0. The minimum absolute atomic E-state index is 0.00468. The largest absolute Gasteiger partial charge is 0.398 e. The maximum absolute atomic E-state index is 10.4. The highest BCUT2D eigenvalue weighted by Crippen LogP contribution is 2.14. The monoisotopic (exact) mass is 235 g/mol. The molecule has 0 aliphatic rings. The molecule has 0 aromatic heterocycles. The SMILES string of the molecule is C\C=C/C(=C\C(N)=C\S(=O)(=O)O)SC. The van der Waals surface area contributed by atoms with Gasteiger partial charge in [0, 0.05) is 10.6 Å². The molecule has 0 spiro atoms.